The van der Waals surface area contributed by atoms with E-state index in [-0.39, 0.29) is 25.3 Å². The lowest BCUT2D eigenvalue weighted by Gasteiger charge is -2.39. The molecule has 0 spiro atoms. The number of aryl methyl sites for hydroxylation is 1. The normalized spacial score (nSPS) is 18.5. The van der Waals surface area contributed by atoms with Crippen LogP contribution < -0.4 is 5.32 Å². The number of aromatic nitrogens is 4. The molecule has 3 N–H and O–H groups in total. The van der Waals surface area contributed by atoms with Crippen LogP contribution in [0.5, 0.6) is 0 Å². The van der Waals surface area contributed by atoms with E-state index in [4.69, 9.17) is 0 Å². The molecule has 1 saturated heterocycles. The van der Waals surface area contributed by atoms with Crippen molar-refractivity contribution in [2.75, 3.05) is 25.1 Å². The maximum absolute atomic E-state index is 9.58. The van der Waals surface area contributed by atoms with E-state index < -0.39 is 0 Å². The molecule has 2 aromatic rings. The second kappa shape index (κ2) is 8.28. The first-order chi connectivity index (χ1) is 12.2. The minimum Gasteiger partial charge on any atom is -0.395 e. The molecule has 0 aliphatic carbocycles. The van der Waals surface area contributed by atoms with Crippen molar-refractivity contribution in [3.63, 3.8) is 0 Å². The fraction of sp³-hybridized carbons (Fsp3) is 0.529. The third-order valence-electron chi connectivity index (χ3n) is 4.44. The molecular weight excluding hydrogens is 320 g/mol. The highest BCUT2D eigenvalue weighted by atomic mass is 16.3. The van der Waals surface area contributed by atoms with Gasteiger partial charge in [0.2, 0.25) is 5.95 Å². The SMILES string of the molecule is Cc1nc(Nc2ncccn2)cc(C2CCCCN2C(CO)CO)n1. The fourth-order valence-corrected chi connectivity index (χ4v) is 3.28. The zero-order chi connectivity index (χ0) is 17.6. The van der Waals surface area contributed by atoms with E-state index in [1.165, 1.54) is 0 Å². The van der Waals surface area contributed by atoms with Crippen LogP contribution in [-0.4, -0.2) is 60.8 Å². The standard InChI is InChI=1S/C17H24N6O2/c1-12-20-14(9-16(21-12)22-17-18-6-4-7-19-17)15-5-2-3-8-23(15)13(10-24)11-25/h4,6-7,9,13,15,24-25H,2-3,5,8,10-11H2,1H3,(H,18,19,20,21,22). The highest BCUT2D eigenvalue weighted by molar-refractivity contribution is 5.48. The lowest BCUT2D eigenvalue weighted by Crippen LogP contribution is -2.45. The number of nitrogens with one attached hydrogen (secondary N) is 1. The third kappa shape index (κ3) is 4.28. The van der Waals surface area contributed by atoms with Gasteiger partial charge in [0.25, 0.3) is 0 Å². The van der Waals surface area contributed by atoms with Crippen LogP contribution in [0.2, 0.25) is 0 Å². The van der Waals surface area contributed by atoms with Crippen LogP contribution in [-0.2, 0) is 0 Å². The lowest BCUT2D eigenvalue weighted by molar-refractivity contribution is 0.0228. The Morgan fingerprint density at radius 2 is 1.96 bits per heavy atom. The van der Waals surface area contributed by atoms with Crippen molar-refractivity contribution in [3.8, 4) is 0 Å². The summed E-state index contributed by atoms with van der Waals surface area (Å²) < 4.78 is 0. The Morgan fingerprint density at radius 3 is 2.68 bits per heavy atom. The van der Waals surface area contributed by atoms with Crippen molar-refractivity contribution >= 4 is 11.8 Å². The Kier molecular flexibility index (Phi) is 5.85. The molecule has 25 heavy (non-hydrogen) atoms. The number of rotatable bonds is 6. The van der Waals surface area contributed by atoms with Gasteiger partial charge in [-0.1, -0.05) is 6.42 Å². The van der Waals surface area contributed by atoms with Crippen LogP contribution in [0.4, 0.5) is 11.8 Å². The van der Waals surface area contributed by atoms with Crippen molar-refractivity contribution in [1.82, 2.24) is 24.8 Å². The predicted molar refractivity (Wildman–Crippen MR) is 93.3 cm³/mol. The summed E-state index contributed by atoms with van der Waals surface area (Å²) in [6.45, 7) is 2.55. The summed E-state index contributed by atoms with van der Waals surface area (Å²) in [4.78, 5) is 19.5. The Bertz CT molecular complexity index is 680. The molecule has 134 valence electrons. The van der Waals surface area contributed by atoms with Gasteiger partial charge in [0.15, 0.2) is 0 Å². The molecule has 2 aromatic heterocycles. The molecule has 3 heterocycles. The first-order valence-electron chi connectivity index (χ1n) is 8.58. The molecule has 0 radical (unpaired) electrons. The monoisotopic (exact) mass is 344 g/mol. The van der Waals surface area contributed by atoms with Crippen LogP contribution in [0.25, 0.3) is 0 Å². The van der Waals surface area contributed by atoms with Gasteiger partial charge in [-0.05, 0) is 32.4 Å². The fourth-order valence-electron chi connectivity index (χ4n) is 3.28. The van der Waals surface area contributed by atoms with Gasteiger partial charge in [-0.3, -0.25) is 4.90 Å². The second-order valence-corrected chi connectivity index (χ2v) is 6.19. The number of likely N-dealkylation sites (tertiary alicyclic amines) is 1. The quantitative estimate of drug-likeness (QED) is 0.717. The van der Waals surface area contributed by atoms with Gasteiger partial charge in [-0.15, -0.1) is 0 Å². The number of hydrogen-bond acceptors (Lipinski definition) is 8. The first-order valence-corrected chi connectivity index (χ1v) is 8.58. The van der Waals surface area contributed by atoms with Crippen molar-refractivity contribution in [2.24, 2.45) is 0 Å². The molecule has 1 aliphatic rings. The number of aliphatic hydroxyl groups is 2. The summed E-state index contributed by atoms with van der Waals surface area (Å²) >= 11 is 0. The molecule has 8 nitrogen and oxygen atoms in total. The maximum atomic E-state index is 9.58. The average Bonchev–Trinajstić information content (AvgIpc) is 2.63. The summed E-state index contributed by atoms with van der Waals surface area (Å²) in [5.74, 6) is 1.78. The van der Waals surface area contributed by atoms with Crippen LogP contribution in [0.15, 0.2) is 24.5 Å². The number of aliphatic hydroxyl groups excluding tert-OH is 2. The van der Waals surface area contributed by atoms with Crippen LogP contribution in [0, 0.1) is 6.92 Å². The summed E-state index contributed by atoms with van der Waals surface area (Å²) in [6, 6.07) is 3.44. The Balaban J connectivity index is 1.87. The van der Waals surface area contributed by atoms with Crippen LogP contribution in [0.3, 0.4) is 0 Å². The molecule has 8 heteroatoms. The van der Waals surface area contributed by atoms with Crippen LogP contribution in [0.1, 0.15) is 36.8 Å². The van der Waals surface area contributed by atoms with E-state index >= 15 is 0 Å². The minimum absolute atomic E-state index is 0.0528. The molecule has 1 atom stereocenters. The molecule has 1 fully saturated rings. The zero-order valence-corrected chi connectivity index (χ0v) is 14.3. The Hall–Kier alpha value is -2.16. The number of nitrogens with zero attached hydrogens (tertiary/aromatic N) is 5. The molecule has 0 amide bonds. The second-order valence-electron chi connectivity index (χ2n) is 6.19. The van der Waals surface area contributed by atoms with E-state index in [0.29, 0.717) is 17.6 Å². The molecular formula is C17H24N6O2. The van der Waals surface area contributed by atoms with E-state index in [0.717, 1.165) is 31.5 Å². The van der Waals surface area contributed by atoms with Gasteiger partial charge in [-0.2, -0.15) is 0 Å². The van der Waals surface area contributed by atoms with Crippen molar-refractivity contribution in [3.05, 3.63) is 36.0 Å². The van der Waals surface area contributed by atoms with Crippen LogP contribution >= 0.6 is 0 Å². The summed E-state index contributed by atoms with van der Waals surface area (Å²) in [5, 5.41) is 22.3. The number of hydrogen-bond donors (Lipinski definition) is 3. The summed E-state index contributed by atoms with van der Waals surface area (Å²) in [6.07, 6.45) is 6.42. The maximum Gasteiger partial charge on any atom is 0.228 e. The predicted octanol–water partition coefficient (Wildman–Crippen LogP) is 1.20. The third-order valence-corrected chi connectivity index (χ3v) is 4.44. The highest BCUT2D eigenvalue weighted by Gasteiger charge is 2.30. The number of piperidine rings is 1. The minimum atomic E-state index is -0.269. The topological polar surface area (TPSA) is 107 Å². The summed E-state index contributed by atoms with van der Waals surface area (Å²) in [5.41, 5.74) is 0.887. The molecule has 1 aliphatic heterocycles. The molecule has 0 bridgehead atoms. The van der Waals surface area contributed by atoms with Crippen molar-refractivity contribution in [1.29, 1.82) is 0 Å². The van der Waals surface area contributed by atoms with Gasteiger partial charge < -0.3 is 15.5 Å². The van der Waals surface area contributed by atoms with Crippen molar-refractivity contribution < 1.29 is 10.2 Å². The molecule has 3 rings (SSSR count). The zero-order valence-electron chi connectivity index (χ0n) is 14.3. The molecule has 0 aromatic carbocycles. The summed E-state index contributed by atoms with van der Waals surface area (Å²) in [7, 11) is 0. The lowest BCUT2D eigenvalue weighted by atomic mass is 9.97. The van der Waals surface area contributed by atoms with E-state index in [1.807, 2.05) is 13.0 Å². The van der Waals surface area contributed by atoms with Gasteiger partial charge in [-0.25, -0.2) is 19.9 Å². The molecule has 1 unspecified atom stereocenters. The van der Waals surface area contributed by atoms with Gasteiger partial charge >= 0.3 is 0 Å². The smallest absolute Gasteiger partial charge is 0.228 e. The first kappa shape index (κ1) is 17.7. The van der Waals surface area contributed by atoms with E-state index in [2.05, 4.69) is 30.2 Å². The van der Waals surface area contributed by atoms with Gasteiger partial charge in [0.05, 0.1) is 31.0 Å². The Morgan fingerprint density at radius 1 is 1.20 bits per heavy atom. The van der Waals surface area contributed by atoms with E-state index in [1.54, 1.807) is 18.5 Å². The largest absolute Gasteiger partial charge is 0.395 e. The number of anilines is 2. The van der Waals surface area contributed by atoms with Gasteiger partial charge in [0.1, 0.15) is 11.6 Å². The Labute approximate surface area is 147 Å². The van der Waals surface area contributed by atoms with E-state index in [9.17, 15) is 10.2 Å². The highest BCUT2D eigenvalue weighted by Crippen LogP contribution is 2.32. The van der Waals surface area contributed by atoms with Gasteiger partial charge in [0, 0.05) is 18.5 Å². The molecule has 0 saturated carbocycles. The average molecular weight is 344 g/mol. The van der Waals surface area contributed by atoms with Crippen molar-refractivity contribution in [2.45, 2.75) is 38.3 Å².